The molecule has 0 amide bonds. The molecule has 0 unspecified atom stereocenters. The summed E-state index contributed by atoms with van der Waals surface area (Å²) in [6.45, 7) is 1.90. The monoisotopic (exact) mass is 430 g/mol. The minimum atomic E-state index is -1.28. The van der Waals surface area contributed by atoms with Gasteiger partial charge in [-0.1, -0.05) is 41.9 Å². The summed E-state index contributed by atoms with van der Waals surface area (Å²) in [5, 5.41) is 27.2. The number of benzene rings is 2. The van der Waals surface area contributed by atoms with E-state index >= 15 is 0 Å². The molecule has 0 radical (unpaired) electrons. The van der Waals surface area contributed by atoms with Crippen LogP contribution >= 0.6 is 22.9 Å². The molecule has 0 aliphatic heterocycles. The van der Waals surface area contributed by atoms with E-state index in [1.807, 2.05) is 19.1 Å². The van der Waals surface area contributed by atoms with Crippen LogP contribution in [0, 0.1) is 17.0 Å². The fourth-order valence-electron chi connectivity index (χ4n) is 2.51. The highest BCUT2D eigenvalue weighted by molar-refractivity contribution is 7.14. The summed E-state index contributed by atoms with van der Waals surface area (Å²) >= 11 is 7.39. The minimum absolute atomic E-state index is 0.158. The Labute approximate surface area is 174 Å². The van der Waals surface area contributed by atoms with Crippen LogP contribution < -0.4 is 5.43 Å². The molecular weight excluding hydrogens is 416 g/mol. The van der Waals surface area contributed by atoms with Gasteiger partial charge in [0.05, 0.1) is 10.6 Å². The fraction of sp³-hybridized carbons (Fsp3) is 0.105. The average molecular weight is 431 g/mol. The third-order valence-corrected chi connectivity index (χ3v) is 5.21. The van der Waals surface area contributed by atoms with Crippen molar-refractivity contribution < 1.29 is 14.8 Å². The lowest BCUT2D eigenvalue weighted by Crippen LogP contribution is -2.18. The first kappa shape index (κ1) is 20.4. The molecule has 10 heteroatoms. The van der Waals surface area contributed by atoms with E-state index in [4.69, 9.17) is 11.6 Å². The molecule has 1 aromatic heterocycles. The van der Waals surface area contributed by atoms with Crippen molar-refractivity contribution in [2.24, 2.45) is 5.10 Å². The maximum atomic E-state index is 11.5. The van der Waals surface area contributed by atoms with E-state index in [0.717, 1.165) is 11.1 Å². The number of hydrogen-bond donors (Lipinski definition) is 2. The topological polar surface area (TPSA) is 118 Å². The molecule has 0 saturated carbocycles. The second kappa shape index (κ2) is 8.80. The summed E-state index contributed by atoms with van der Waals surface area (Å²) in [4.78, 5) is 26.5. The summed E-state index contributed by atoms with van der Waals surface area (Å²) in [5.74, 6) is -1.28. The molecule has 2 aromatic carbocycles. The van der Waals surface area contributed by atoms with Gasteiger partial charge in [-0.2, -0.15) is 5.10 Å². The number of anilines is 1. The first-order chi connectivity index (χ1) is 13.8. The zero-order valence-corrected chi connectivity index (χ0v) is 16.7. The number of aliphatic carboxylic acids is 1. The fourth-order valence-corrected chi connectivity index (χ4v) is 3.35. The van der Waals surface area contributed by atoms with Gasteiger partial charge < -0.3 is 5.11 Å². The SMILES string of the molecule is Cc1ccc(-c2csc(N/N=C(\Cc3ccccc3[N+](=O)[O-])C(=O)O)n2)cc1Cl. The quantitative estimate of drug-likeness (QED) is 0.316. The van der Waals surface area contributed by atoms with Gasteiger partial charge in [-0.15, -0.1) is 11.3 Å². The van der Waals surface area contributed by atoms with Gasteiger partial charge in [0.25, 0.3) is 5.69 Å². The van der Waals surface area contributed by atoms with Gasteiger partial charge >= 0.3 is 5.97 Å². The van der Waals surface area contributed by atoms with E-state index < -0.39 is 10.9 Å². The van der Waals surface area contributed by atoms with Crippen LogP contribution in [0.4, 0.5) is 10.8 Å². The summed E-state index contributed by atoms with van der Waals surface area (Å²) < 4.78 is 0. The van der Waals surface area contributed by atoms with Crippen LogP contribution in [-0.4, -0.2) is 26.7 Å². The van der Waals surface area contributed by atoms with Crippen molar-refractivity contribution in [2.75, 3.05) is 5.43 Å². The molecule has 0 fully saturated rings. The summed E-state index contributed by atoms with van der Waals surface area (Å²) in [7, 11) is 0. The number of hydrogen-bond acceptors (Lipinski definition) is 7. The van der Waals surface area contributed by atoms with E-state index in [0.29, 0.717) is 15.8 Å². The number of thiazole rings is 1. The first-order valence-electron chi connectivity index (χ1n) is 8.35. The molecule has 3 aromatic rings. The van der Waals surface area contributed by atoms with Gasteiger partial charge in [-0.3, -0.25) is 15.5 Å². The summed E-state index contributed by atoms with van der Waals surface area (Å²) in [6.07, 6.45) is -0.203. The molecule has 0 aliphatic carbocycles. The Kier molecular flexibility index (Phi) is 6.20. The number of nitro benzene ring substituents is 1. The Morgan fingerprint density at radius 2 is 2.10 bits per heavy atom. The van der Waals surface area contributed by atoms with Crippen LogP contribution in [0.2, 0.25) is 5.02 Å². The largest absolute Gasteiger partial charge is 0.477 e. The minimum Gasteiger partial charge on any atom is -0.477 e. The van der Waals surface area contributed by atoms with E-state index in [1.165, 1.54) is 29.5 Å². The predicted octanol–water partition coefficient (Wildman–Crippen LogP) is 4.78. The highest BCUT2D eigenvalue weighted by atomic mass is 35.5. The Balaban J connectivity index is 1.80. The van der Waals surface area contributed by atoms with Crippen molar-refractivity contribution >= 4 is 45.4 Å². The standard InChI is InChI=1S/C19H15ClN4O4S/c1-11-6-7-12(8-14(11)20)16-10-29-19(21-16)23-22-15(18(25)26)9-13-4-2-3-5-17(13)24(27)28/h2-8,10H,9H2,1H3,(H,21,23)(H,25,26)/b22-15+. The van der Waals surface area contributed by atoms with Gasteiger partial charge in [0.1, 0.15) is 5.71 Å². The Hall–Kier alpha value is -3.30. The number of hydrazone groups is 1. The molecule has 0 saturated heterocycles. The molecule has 29 heavy (non-hydrogen) atoms. The Bertz CT molecular complexity index is 1110. The third-order valence-electron chi connectivity index (χ3n) is 4.05. The molecule has 0 atom stereocenters. The second-order valence-corrected chi connectivity index (χ2v) is 7.31. The molecule has 0 bridgehead atoms. The maximum absolute atomic E-state index is 11.5. The van der Waals surface area contributed by atoms with Crippen LogP contribution in [-0.2, 0) is 11.2 Å². The number of nitrogens with zero attached hydrogens (tertiary/aromatic N) is 3. The number of nitrogens with one attached hydrogen (secondary N) is 1. The molecule has 8 nitrogen and oxygen atoms in total. The summed E-state index contributed by atoms with van der Waals surface area (Å²) in [6, 6.07) is 11.5. The van der Waals surface area contributed by atoms with Crippen LogP contribution in [0.3, 0.4) is 0 Å². The number of carboxylic acid groups (broad SMARTS) is 1. The van der Waals surface area contributed by atoms with E-state index in [9.17, 15) is 20.0 Å². The zero-order valence-electron chi connectivity index (χ0n) is 15.1. The molecule has 3 rings (SSSR count). The predicted molar refractivity (Wildman–Crippen MR) is 113 cm³/mol. The highest BCUT2D eigenvalue weighted by Gasteiger charge is 2.18. The molecule has 0 aliphatic rings. The highest BCUT2D eigenvalue weighted by Crippen LogP contribution is 2.28. The number of aryl methyl sites for hydroxylation is 1. The molecule has 0 spiro atoms. The van der Waals surface area contributed by atoms with Gasteiger partial charge in [0.2, 0.25) is 5.13 Å². The van der Waals surface area contributed by atoms with Gasteiger partial charge in [-0.05, 0) is 18.6 Å². The lowest BCUT2D eigenvalue weighted by Gasteiger charge is -2.04. The number of rotatable bonds is 7. The van der Waals surface area contributed by atoms with Crippen molar-refractivity contribution in [3.8, 4) is 11.3 Å². The van der Waals surface area contributed by atoms with Crippen LogP contribution in [0.25, 0.3) is 11.3 Å². The molecule has 1 heterocycles. The van der Waals surface area contributed by atoms with Crippen LogP contribution in [0.5, 0.6) is 0 Å². The average Bonchev–Trinajstić information content (AvgIpc) is 3.16. The van der Waals surface area contributed by atoms with Crippen molar-refractivity contribution in [1.29, 1.82) is 0 Å². The number of para-hydroxylation sites is 1. The molecule has 2 N–H and O–H groups in total. The molecule has 148 valence electrons. The lowest BCUT2D eigenvalue weighted by molar-refractivity contribution is -0.385. The van der Waals surface area contributed by atoms with E-state index in [-0.39, 0.29) is 23.4 Å². The van der Waals surface area contributed by atoms with Gasteiger partial charge in [0.15, 0.2) is 0 Å². The van der Waals surface area contributed by atoms with Crippen LogP contribution in [0.15, 0.2) is 52.9 Å². The third kappa shape index (κ3) is 4.95. The number of aromatic nitrogens is 1. The van der Waals surface area contributed by atoms with Crippen molar-refractivity contribution in [3.05, 3.63) is 74.1 Å². The van der Waals surface area contributed by atoms with Gasteiger partial charge in [0, 0.05) is 34.0 Å². The molecular formula is C19H15ClN4O4S. The second-order valence-electron chi connectivity index (χ2n) is 6.04. The Morgan fingerprint density at radius 3 is 2.79 bits per heavy atom. The normalized spacial score (nSPS) is 11.3. The van der Waals surface area contributed by atoms with Crippen molar-refractivity contribution in [3.63, 3.8) is 0 Å². The first-order valence-corrected chi connectivity index (χ1v) is 9.61. The lowest BCUT2D eigenvalue weighted by atomic mass is 10.1. The number of carbonyl (C=O) groups is 1. The van der Waals surface area contributed by atoms with Gasteiger partial charge in [-0.25, -0.2) is 9.78 Å². The van der Waals surface area contributed by atoms with Crippen LogP contribution in [0.1, 0.15) is 11.1 Å². The number of halogens is 1. The van der Waals surface area contributed by atoms with E-state index in [2.05, 4.69) is 15.5 Å². The smallest absolute Gasteiger partial charge is 0.352 e. The van der Waals surface area contributed by atoms with Crippen molar-refractivity contribution in [2.45, 2.75) is 13.3 Å². The van der Waals surface area contributed by atoms with E-state index in [1.54, 1.807) is 17.5 Å². The number of carboxylic acids is 1. The van der Waals surface area contributed by atoms with Crippen molar-refractivity contribution in [1.82, 2.24) is 4.98 Å². The summed E-state index contributed by atoms with van der Waals surface area (Å²) in [5.41, 5.74) is 4.91. The maximum Gasteiger partial charge on any atom is 0.352 e. The number of nitro groups is 1. The Morgan fingerprint density at radius 1 is 1.34 bits per heavy atom. The zero-order chi connectivity index (χ0) is 21.0.